The fourth-order valence-corrected chi connectivity index (χ4v) is 4.63. The Morgan fingerprint density at radius 3 is 2.72 bits per heavy atom. The van der Waals surface area contributed by atoms with Crippen LogP contribution in [0, 0.1) is 17.8 Å². The van der Waals surface area contributed by atoms with Crippen molar-refractivity contribution in [2.24, 2.45) is 23.5 Å². The third kappa shape index (κ3) is 1.22. The van der Waals surface area contributed by atoms with Crippen LogP contribution in [-0.2, 0) is 5.54 Å². The summed E-state index contributed by atoms with van der Waals surface area (Å²) in [5.74, 6) is 2.40. The van der Waals surface area contributed by atoms with Crippen molar-refractivity contribution in [1.82, 2.24) is 0 Å². The van der Waals surface area contributed by atoms with Gasteiger partial charge in [0.25, 0.3) is 0 Å². The minimum atomic E-state index is -0.246. The normalized spacial score (nSPS) is 41.5. The number of rotatable bonds is 1. The SMILES string of the molecule is NC1(c2ccccc2)CC2=C(O)CC3CC2C1C3. The molecule has 18 heavy (non-hydrogen) atoms. The van der Waals surface area contributed by atoms with E-state index in [0.29, 0.717) is 23.5 Å². The summed E-state index contributed by atoms with van der Waals surface area (Å²) in [4.78, 5) is 0. The van der Waals surface area contributed by atoms with Crippen molar-refractivity contribution in [3.63, 3.8) is 0 Å². The quantitative estimate of drug-likeness (QED) is 0.793. The van der Waals surface area contributed by atoms with E-state index in [1.165, 1.54) is 24.0 Å². The Kier molecular flexibility index (Phi) is 2.00. The molecule has 0 aliphatic heterocycles. The molecule has 3 aliphatic carbocycles. The fourth-order valence-electron chi connectivity index (χ4n) is 4.63. The van der Waals surface area contributed by atoms with Gasteiger partial charge in [0.2, 0.25) is 0 Å². The average Bonchev–Trinajstić information content (AvgIpc) is 2.87. The van der Waals surface area contributed by atoms with Crippen molar-refractivity contribution in [2.45, 2.75) is 31.2 Å². The van der Waals surface area contributed by atoms with Gasteiger partial charge in [-0.25, -0.2) is 0 Å². The van der Waals surface area contributed by atoms with Crippen LogP contribution in [0.3, 0.4) is 0 Å². The van der Waals surface area contributed by atoms with Gasteiger partial charge in [-0.2, -0.15) is 0 Å². The van der Waals surface area contributed by atoms with E-state index in [0.717, 1.165) is 12.8 Å². The molecular formula is C16H19NO. The van der Waals surface area contributed by atoms with Crippen molar-refractivity contribution >= 4 is 0 Å². The van der Waals surface area contributed by atoms with E-state index >= 15 is 0 Å². The third-order valence-electron chi connectivity index (χ3n) is 5.42. The van der Waals surface area contributed by atoms with Crippen LogP contribution < -0.4 is 5.73 Å². The predicted octanol–water partition coefficient (Wildman–Crippen LogP) is 3.10. The Morgan fingerprint density at radius 1 is 1.17 bits per heavy atom. The molecule has 2 nitrogen and oxygen atoms in total. The second kappa shape index (κ2) is 3.39. The predicted molar refractivity (Wildman–Crippen MR) is 70.9 cm³/mol. The van der Waals surface area contributed by atoms with Crippen molar-refractivity contribution < 1.29 is 5.11 Å². The number of fused-ring (bicyclic) bond motifs is 1. The monoisotopic (exact) mass is 241 g/mol. The number of aliphatic hydroxyl groups is 1. The molecule has 1 aromatic carbocycles. The molecule has 3 N–H and O–H groups in total. The molecule has 0 aromatic heterocycles. The number of aliphatic hydroxyl groups excluding tert-OH is 1. The first-order chi connectivity index (χ1) is 8.68. The maximum Gasteiger partial charge on any atom is 0.0921 e. The van der Waals surface area contributed by atoms with Gasteiger partial charge in [0, 0.05) is 12.0 Å². The lowest BCUT2D eigenvalue weighted by Gasteiger charge is -2.32. The molecule has 3 aliphatic rings. The Bertz CT molecular complexity index is 521. The van der Waals surface area contributed by atoms with Gasteiger partial charge in [-0.1, -0.05) is 30.3 Å². The minimum absolute atomic E-state index is 0.246. The van der Waals surface area contributed by atoms with Gasteiger partial charge in [-0.3, -0.25) is 0 Å². The van der Waals surface area contributed by atoms with Gasteiger partial charge in [0.1, 0.15) is 0 Å². The summed E-state index contributed by atoms with van der Waals surface area (Å²) in [7, 11) is 0. The number of nitrogens with two attached hydrogens (primary N) is 1. The molecule has 0 radical (unpaired) electrons. The molecule has 4 unspecified atom stereocenters. The van der Waals surface area contributed by atoms with Gasteiger partial charge >= 0.3 is 0 Å². The summed E-state index contributed by atoms with van der Waals surface area (Å²) in [5.41, 5.74) is 9.03. The molecule has 0 spiro atoms. The molecule has 2 bridgehead atoms. The number of hydrogen-bond acceptors (Lipinski definition) is 2. The summed E-state index contributed by atoms with van der Waals surface area (Å²) in [5, 5.41) is 10.2. The molecule has 94 valence electrons. The smallest absolute Gasteiger partial charge is 0.0921 e. The molecule has 2 heteroatoms. The molecule has 1 aromatic rings. The van der Waals surface area contributed by atoms with Crippen LogP contribution in [0.4, 0.5) is 0 Å². The molecular weight excluding hydrogens is 222 g/mol. The largest absolute Gasteiger partial charge is 0.512 e. The van der Waals surface area contributed by atoms with Crippen LogP contribution in [0.15, 0.2) is 41.7 Å². The van der Waals surface area contributed by atoms with Crippen LogP contribution in [0.5, 0.6) is 0 Å². The lowest BCUT2D eigenvalue weighted by atomic mass is 9.78. The number of benzene rings is 1. The Balaban J connectivity index is 1.84. The van der Waals surface area contributed by atoms with Crippen LogP contribution in [-0.4, -0.2) is 5.11 Å². The fraction of sp³-hybridized carbons (Fsp3) is 0.500. The molecule has 4 rings (SSSR count). The van der Waals surface area contributed by atoms with Crippen LogP contribution in [0.25, 0.3) is 0 Å². The van der Waals surface area contributed by atoms with E-state index in [1.54, 1.807) is 0 Å². The van der Waals surface area contributed by atoms with Gasteiger partial charge in [0.05, 0.1) is 5.76 Å². The van der Waals surface area contributed by atoms with Crippen LogP contribution >= 0.6 is 0 Å². The van der Waals surface area contributed by atoms with Crippen molar-refractivity contribution in [2.75, 3.05) is 0 Å². The minimum Gasteiger partial charge on any atom is -0.512 e. The maximum absolute atomic E-state index is 10.2. The Hall–Kier alpha value is -1.28. The van der Waals surface area contributed by atoms with Gasteiger partial charge < -0.3 is 10.8 Å². The van der Waals surface area contributed by atoms with Gasteiger partial charge in [0.15, 0.2) is 0 Å². The highest BCUT2D eigenvalue weighted by atomic mass is 16.3. The lowest BCUT2D eigenvalue weighted by molar-refractivity contribution is 0.282. The van der Waals surface area contributed by atoms with E-state index in [1.807, 2.05) is 6.07 Å². The Labute approximate surface area is 108 Å². The van der Waals surface area contributed by atoms with E-state index in [-0.39, 0.29) is 5.54 Å². The Morgan fingerprint density at radius 2 is 1.94 bits per heavy atom. The molecule has 0 saturated heterocycles. The van der Waals surface area contributed by atoms with Crippen LogP contribution in [0.2, 0.25) is 0 Å². The van der Waals surface area contributed by atoms with Crippen molar-refractivity contribution in [3.05, 3.63) is 47.2 Å². The molecule has 0 heterocycles. The van der Waals surface area contributed by atoms with Gasteiger partial charge in [-0.15, -0.1) is 0 Å². The summed E-state index contributed by atoms with van der Waals surface area (Å²) in [6.07, 6.45) is 4.18. The zero-order valence-corrected chi connectivity index (χ0v) is 10.5. The summed E-state index contributed by atoms with van der Waals surface area (Å²) >= 11 is 0. The first kappa shape index (κ1) is 10.6. The van der Waals surface area contributed by atoms with Crippen molar-refractivity contribution in [1.29, 1.82) is 0 Å². The zero-order valence-electron chi connectivity index (χ0n) is 10.5. The summed E-state index contributed by atoms with van der Waals surface area (Å²) in [6, 6.07) is 10.5. The zero-order chi connectivity index (χ0) is 12.3. The molecule has 0 amide bonds. The highest BCUT2D eigenvalue weighted by molar-refractivity contribution is 5.38. The summed E-state index contributed by atoms with van der Waals surface area (Å²) < 4.78 is 0. The topological polar surface area (TPSA) is 46.2 Å². The number of allylic oxidation sites excluding steroid dienone is 1. The second-order valence-corrected chi connectivity index (χ2v) is 6.31. The average molecular weight is 241 g/mol. The highest BCUT2D eigenvalue weighted by Gasteiger charge is 2.56. The second-order valence-electron chi connectivity index (χ2n) is 6.31. The van der Waals surface area contributed by atoms with E-state index in [9.17, 15) is 5.11 Å². The van der Waals surface area contributed by atoms with E-state index < -0.39 is 0 Å². The highest BCUT2D eigenvalue weighted by Crippen LogP contribution is 2.61. The standard InChI is InChI=1S/C16H19NO/c17-16(11-4-2-1-3-5-11)9-13-12-6-10(7-14(12)16)8-15(13)18/h1-5,10,12,14,18H,6-9,17H2. The van der Waals surface area contributed by atoms with E-state index in [4.69, 9.17) is 5.73 Å². The summed E-state index contributed by atoms with van der Waals surface area (Å²) in [6.45, 7) is 0. The molecule has 4 atom stereocenters. The maximum atomic E-state index is 10.2. The molecule has 2 saturated carbocycles. The lowest BCUT2D eigenvalue weighted by Crippen LogP contribution is -2.41. The first-order valence-electron chi connectivity index (χ1n) is 6.94. The van der Waals surface area contributed by atoms with Crippen LogP contribution in [0.1, 0.15) is 31.2 Å². The first-order valence-corrected chi connectivity index (χ1v) is 6.94. The number of hydrogen-bond donors (Lipinski definition) is 2. The third-order valence-corrected chi connectivity index (χ3v) is 5.42. The molecule has 2 fully saturated rings. The van der Waals surface area contributed by atoms with E-state index in [2.05, 4.69) is 24.3 Å². The van der Waals surface area contributed by atoms with Gasteiger partial charge in [-0.05, 0) is 48.2 Å². The van der Waals surface area contributed by atoms with Crippen molar-refractivity contribution in [3.8, 4) is 0 Å².